The fourth-order valence-electron chi connectivity index (χ4n) is 3.58. The van der Waals surface area contributed by atoms with Gasteiger partial charge in [-0.05, 0) is 63.2 Å². The first kappa shape index (κ1) is 23.8. The Morgan fingerprint density at radius 2 is 1.79 bits per heavy atom. The zero-order valence-corrected chi connectivity index (χ0v) is 20.3. The third kappa shape index (κ3) is 5.43. The second kappa shape index (κ2) is 9.15. The third-order valence-corrected chi connectivity index (χ3v) is 6.11. The maximum absolute atomic E-state index is 12.3. The molecular formula is C25H27NO7S. The van der Waals surface area contributed by atoms with Crippen molar-refractivity contribution in [1.29, 1.82) is 0 Å². The van der Waals surface area contributed by atoms with Crippen LogP contribution in [0, 0.1) is 0 Å². The highest BCUT2D eigenvalue weighted by atomic mass is 32.1. The number of benzene rings is 2. The molecule has 1 fully saturated rings. The fourth-order valence-corrected chi connectivity index (χ4v) is 4.48. The molecule has 9 heteroatoms. The summed E-state index contributed by atoms with van der Waals surface area (Å²) in [6.07, 6.45) is -0.198. The SMILES string of the molecule is COC(=O)c1ccc2c(Oc3ccc(OC4(O)CCN(C(=O)OC(C)(C)C)C4)cc3)csc2c1. The van der Waals surface area contributed by atoms with Crippen LogP contribution in [0.15, 0.2) is 47.8 Å². The Morgan fingerprint density at radius 1 is 1.09 bits per heavy atom. The van der Waals surface area contributed by atoms with Crippen molar-refractivity contribution < 1.29 is 33.6 Å². The van der Waals surface area contributed by atoms with Crippen molar-refractivity contribution in [2.45, 2.75) is 38.6 Å². The topological polar surface area (TPSA) is 94.5 Å². The predicted molar refractivity (Wildman–Crippen MR) is 128 cm³/mol. The summed E-state index contributed by atoms with van der Waals surface area (Å²) in [7, 11) is 1.35. The van der Waals surface area contributed by atoms with Gasteiger partial charge in [-0.2, -0.15) is 0 Å². The third-order valence-electron chi connectivity index (χ3n) is 5.18. The van der Waals surface area contributed by atoms with Crippen LogP contribution in [0.4, 0.5) is 4.79 Å². The van der Waals surface area contributed by atoms with Crippen LogP contribution in [0.5, 0.6) is 17.2 Å². The molecule has 1 saturated heterocycles. The summed E-state index contributed by atoms with van der Waals surface area (Å²) in [6, 6.07) is 12.2. The van der Waals surface area contributed by atoms with Gasteiger partial charge in [-0.3, -0.25) is 0 Å². The van der Waals surface area contributed by atoms with E-state index in [1.54, 1.807) is 57.2 Å². The molecule has 0 aliphatic carbocycles. The number of hydrogen-bond acceptors (Lipinski definition) is 8. The van der Waals surface area contributed by atoms with Gasteiger partial charge in [0.05, 0.1) is 19.2 Å². The van der Waals surface area contributed by atoms with Gasteiger partial charge in [-0.15, -0.1) is 11.3 Å². The summed E-state index contributed by atoms with van der Waals surface area (Å²) in [4.78, 5) is 25.4. The van der Waals surface area contributed by atoms with Crippen LogP contribution in [0.25, 0.3) is 10.1 Å². The fraction of sp³-hybridized carbons (Fsp3) is 0.360. The maximum atomic E-state index is 12.3. The number of esters is 1. The molecule has 8 nitrogen and oxygen atoms in total. The molecule has 1 N–H and O–H groups in total. The second-order valence-corrected chi connectivity index (χ2v) is 9.99. The number of likely N-dealkylation sites (tertiary alicyclic amines) is 1. The lowest BCUT2D eigenvalue weighted by Gasteiger charge is -2.27. The molecule has 2 aromatic carbocycles. The molecule has 3 aromatic rings. The van der Waals surface area contributed by atoms with Crippen LogP contribution in [0.1, 0.15) is 37.6 Å². The molecule has 1 aromatic heterocycles. The van der Waals surface area contributed by atoms with Gasteiger partial charge in [0.25, 0.3) is 0 Å². The van der Waals surface area contributed by atoms with Crippen LogP contribution in [-0.4, -0.2) is 53.7 Å². The van der Waals surface area contributed by atoms with Crippen LogP contribution in [0.2, 0.25) is 0 Å². The summed E-state index contributed by atoms with van der Waals surface area (Å²) < 4.78 is 22.8. The molecule has 4 rings (SSSR count). The van der Waals surface area contributed by atoms with E-state index in [2.05, 4.69) is 0 Å². The van der Waals surface area contributed by atoms with Crippen molar-refractivity contribution in [3.8, 4) is 17.2 Å². The number of amides is 1. The van der Waals surface area contributed by atoms with Gasteiger partial charge in [0.1, 0.15) is 22.8 Å². The van der Waals surface area contributed by atoms with Crippen molar-refractivity contribution in [3.63, 3.8) is 0 Å². The minimum absolute atomic E-state index is 0.0224. The van der Waals surface area contributed by atoms with Crippen molar-refractivity contribution >= 4 is 33.5 Å². The summed E-state index contributed by atoms with van der Waals surface area (Å²) in [5, 5.41) is 13.6. The van der Waals surface area contributed by atoms with Crippen LogP contribution >= 0.6 is 11.3 Å². The number of thiophene rings is 1. The molecule has 1 atom stereocenters. The number of aliphatic hydroxyl groups is 1. The Hall–Kier alpha value is -3.30. The smallest absolute Gasteiger partial charge is 0.410 e. The van der Waals surface area contributed by atoms with E-state index in [-0.39, 0.29) is 18.9 Å². The van der Waals surface area contributed by atoms with Crippen LogP contribution in [-0.2, 0) is 9.47 Å². The average Bonchev–Trinajstić information content (AvgIpc) is 3.37. The lowest BCUT2D eigenvalue weighted by Crippen LogP contribution is -2.42. The summed E-state index contributed by atoms with van der Waals surface area (Å²) in [5.74, 6) is -0.143. The molecule has 0 bridgehead atoms. The molecule has 2 heterocycles. The quantitative estimate of drug-likeness (QED) is 0.393. The van der Waals surface area contributed by atoms with E-state index in [9.17, 15) is 14.7 Å². The van der Waals surface area contributed by atoms with Crippen molar-refractivity contribution in [1.82, 2.24) is 4.90 Å². The number of ether oxygens (including phenoxy) is 4. The van der Waals surface area contributed by atoms with Gasteiger partial charge in [-0.1, -0.05) is 0 Å². The molecule has 0 radical (unpaired) electrons. The van der Waals surface area contributed by atoms with Gasteiger partial charge in [0.2, 0.25) is 5.79 Å². The van der Waals surface area contributed by atoms with E-state index in [0.29, 0.717) is 29.4 Å². The average molecular weight is 486 g/mol. The molecule has 180 valence electrons. The number of carbonyl (C=O) groups excluding carboxylic acids is 2. The largest absolute Gasteiger partial charge is 0.465 e. The van der Waals surface area contributed by atoms with E-state index >= 15 is 0 Å². The summed E-state index contributed by atoms with van der Waals surface area (Å²) >= 11 is 1.47. The highest BCUT2D eigenvalue weighted by Gasteiger charge is 2.41. The molecule has 34 heavy (non-hydrogen) atoms. The van der Waals surface area contributed by atoms with Gasteiger partial charge in [0.15, 0.2) is 0 Å². The summed E-state index contributed by atoms with van der Waals surface area (Å²) in [6.45, 7) is 5.76. The normalized spacial score (nSPS) is 18.1. The van der Waals surface area contributed by atoms with E-state index < -0.39 is 17.5 Å². The maximum Gasteiger partial charge on any atom is 0.410 e. The molecule has 0 saturated carbocycles. The van der Waals surface area contributed by atoms with Gasteiger partial charge in [-0.25, -0.2) is 9.59 Å². The number of nitrogens with zero attached hydrogens (tertiary/aromatic N) is 1. The Morgan fingerprint density at radius 3 is 2.47 bits per heavy atom. The van der Waals surface area contributed by atoms with E-state index in [1.165, 1.54) is 23.3 Å². The van der Waals surface area contributed by atoms with E-state index in [0.717, 1.165) is 10.1 Å². The number of carbonyl (C=O) groups is 2. The highest BCUT2D eigenvalue weighted by molar-refractivity contribution is 7.17. The minimum Gasteiger partial charge on any atom is -0.465 e. The van der Waals surface area contributed by atoms with Crippen molar-refractivity contribution in [2.75, 3.05) is 20.2 Å². The predicted octanol–water partition coefficient (Wildman–Crippen LogP) is 5.19. The Balaban J connectivity index is 1.39. The number of fused-ring (bicyclic) bond motifs is 1. The molecule has 1 aliphatic heterocycles. The first-order valence-electron chi connectivity index (χ1n) is 10.8. The van der Waals surface area contributed by atoms with Gasteiger partial charge in [0, 0.05) is 28.4 Å². The first-order chi connectivity index (χ1) is 16.0. The number of β-amino-alcohol motifs (C(OH)–C–C–N with tert-alkyl or cyclic N) is 1. The summed E-state index contributed by atoms with van der Waals surface area (Å²) in [5.41, 5.74) is -0.119. The zero-order chi connectivity index (χ0) is 24.5. The monoisotopic (exact) mass is 485 g/mol. The van der Waals surface area contributed by atoms with Crippen molar-refractivity contribution in [3.05, 3.63) is 53.4 Å². The first-order valence-corrected chi connectivity index (χ1v) is 11.7. The van der Waals surface area contributed by atoms with E-state index in [1.807, 2.05) is 11.4 Å². The van der Waals surface area contributed by atoms with Crippen LogP contribution in [0.3, 0.4) is 0 Å². The lowest BCUT2D eigenvalue weighted by molar-refractivity contribution is -0.125. The van der Waals surface area contributed by atoms with Crippen LogP contribution < -0.4 is 9.47 Å². The lowest BCUT2D eigenvalue weighted by atomic mass is 10.2. The second-order valence-electron chi connectivity index (χ2n) is 9.08. The van der Waals surface area contributed by atoms with Crippen molar-refractivity contribution in [2.24, 2.45) is 0 Å². The molecule has 0 spiro atoms. The number of hydrogen-bond donors (Lipinski definition) is 1. The molecular weight excluding hydrogens is 458 g/mol. The van der Waals surface area contributed by atoms with Gasteiger partial charge >= 0.3 is 12.1 Å². The zero-order valence-electron chi connectivity index (χ0n) is 19.5. The highest BCUT2D eigenvalue weighted by Crippen LogP contribution is 2.36. The molecule has 1 unspecified atom stereocenters. The number of rotatable bonds is 5. The Labute approximate surface area is 201 Å². The standard InChI is InChI=1S/C25H27NO7S/c1-24(2,3)33-23(28)26-12-11-25(29,15-26)32-18-8-6-17(7-9-18)31-20-14-34-21-13-16(22(27)30-4)5-10-19(20)21/h5-10,13-14,29H,11-12,15H2,1-4H3. The Bertz CT molecular complexity index is 1200. The van der Waals surface area contributed by atoms with E-state index in [4.69, 9.17) is 18.9 Å². The number of methoxy groups -OCH3 is 1. The Kier molecular flexibility index (Phi) is 6.42. The molecule has 1 amide bonds. The van der Waals surface area contributed by atoms with Gasteiger partial charge < -0.3 is 29.0 Å². The minimum atomic E-state index is -1.49. The molecule has 1 aliphatic rings.